The number of rotatable bonds is 5. The van der Waals surface area contributed by atoms with Gasteiger partial charge < -0.3 is 19.5 Å². The van der Waals surface area contributed by atoms with Gasteiger partial charge in [-0.05, 0) is 36.2 Å². The lowest BCUT2D eigenvalue weighted by molar-refractivity contribution is -0.156. The van der Waals surface area contributed by atoms with Crippen molar-refractivity contribution in [2.24, 2.45) is 0 Å². The molecular weight excluding hydrogens is 322 g/mol. The number of hydrogen-bond acceptors (Lipinski definition) is 5. The van der Waals surface area contributed by atoms with Gasteiger partial charge in [0.1, 0.15) is 6.61 Å². The summed E-state index contributed by atoms with van der Waals surface area (Å²) in [4.78, 5) is 23.9. The molecule has 0 fully saturated rings. The first-order valence-corrected chi connectivity index (χ1v) is 8.09. The van der Waals surface area contributed by atoms with Gasteiger partial charge in [-0.2, -0.15) is 0 Å². The van der Waals surface area contributed by atoms with Crippen LogP contribution in [0.4, 0.5) is 5.69 Å². The number of benzene rings is 2. The number of ether oxygens (including phenoxy) is 3. The average Bonchev–Trinajstić information content (AvgIpc) is 2.66. The van der Waals surface area contributed by atoms with Gasteiger partial charge in [0, 0.05) is 5.69 Å². The highest BCUT2D eigenvalue weighted by Gasteiger charge is 2.29. The lowest BCUT2D eigenvalue weighted by Crippen LogP contribution is -2.39. The Morgan fingerprint density at radius 1 is 1.12 bits per heavy atom. The van der Waals surface area contributed by atoms with E-state index in [-0.39, 0.29) is 13.2 Å². The Hall–Kier alpha value is -3.02. The second-order valence-corrected chi connectivity index (χ2v) is 5.57. The molecule has 0 saturated heterocycles. The predicted molar refractivity (Wildman–Crippen MR) is 91.8 cm³/mol. The molecule has 2 aromatic carbocycles. The summed E-state index contributed by atoms with van der Waals surface area (Å²) >= 11 is 0. The quantitative estimate of drug-likeness (QED) is 0.846. The third kappa shape index (κ3) is 4.29. The summed E-state index contributed by atoms with van der Waals surface area (Å²) in [7, 11) is 0. The summed E-state index contributed by atoms with van der Waals surface area (Å²) in [6.45, 7) is 1.73. The number of hydrogen-bond donors (Lipinski definition) is 1. The summed E-state index contributed by atoms with van der Waals surface area (Å²) in [6, 6.07) is 14.6. The highest BCUT2D eigenvalue weighted by Crippen LogP contribution is 2.31. The third-order valence-electron chi connectivity index (χ3n) is 3.76. The zero-order valence-electron chi connectivity index (χ0n) is 13.9. The van der Waals surface area contributed by atoms with Gasteiger partial charge in [0.15, 0.2) is 18.1 Å². The van der Waals surface area contributed by atoms with Crippen molar-refractivity contribution in [2.75, 3.05) is 18.5 Å². The highest BCUT2D eigenvalue weighted by molar-refractivity contribution is 5.93. The molecule has 0 aromatic heterocycles. The number of carbonyl (C=O) groups excluding carboxylic acids is 2. The normalized spacial score (nSPS) is 15.3. The van der Waals surface area contributed by atoms with Crippen molar-refractivity contribution < 1.29 is 23.8 Å². The maximum Gasteiger partial charge on any atom is 0.351 e. The molecule has 130 valence electrons. The zero-order valence-corrected chi connectivity index (χ0v) is 13.9. The maximum atomic E-state index is 12.0. The lowest BCUT2D eigenvalue weighted by Gasteiger charge is -2.24. The van der Waals surface area contributed by atoms with Crippen LogP contribution in [0.2, 0.25) is 0 Å². The first kappa shape index (κ1) is 16.8. The molecule has 1 N–H and O–H groups in total. The SMILES string of the molecule is CCc1ccc(NC(=O)COC(=O)[C@@H]2COc3ccccc3O2)cc1. The van der Waals surface area contributed by atoms with E-state index in [0.29, 0.717) is 17.2 Å². The topological polar surface area (TPSA) is 73.9 Å². The molecule has 3 rings (SSSR count). The largest absolute Gasteiger partial charge is 0.485 e. The molecule has 0 radical (unpaired) electrons. The van der Waals surface area contributed by atoms with Gasteiger partial charge in [-0.15, -0.1) is 0 Å². The van der Waals surface area contributed by atoms with Crippen molar-refractivity contribution >= 4 is 17.6 Å². The van der Waals surface area contributed by atoms with Crippen LogP contribution in [0.3, 0.4) is 0 Å². The summed E-state index contributed by atoms with van der Waals surface area (Å²) in [5.74, 6) is 0.0247. The van der Waals surface area contributed by atoms with E-state index >= 15 is 0 Å². The third-order valence-corrected chi connectivity index (χ3v) is 3.76. The van der Waals surface area contributed by atoms with E-state index in [1.807, 2.05) is 30.3 Å². The molecule has 0 spiro atoms. The molecule has 1 aliphatic rings. The smallest absolute Gasteiger partial charge is 0.351 e. The van der Waals surface area contributed by atoms with Crippen LogP contribution in [-0.2, 0) is 20.7 Å². The number of esters is 1. The van der Waals surface area contributed by atoms with E-state index in [1.165, 1.54) is 5.56 Å². The van der Waals surface area contributed by atoms with Crippen molar-refractivity contribution in [3.8, 4) is 11.5 Å². The highest BCUT2D eigenvalue weighted by atomic mass is 16.6. The minimum Gasteiger partial charge on any atom is -0.485 e. The van der Waals surface area contributed by atoms with Crippen molar-refractivity contribution in [3.63, 3.8) is 0 Å². The van der Waals surface area contributed by atoms with Crippen molar-refractivity contribution in [1.29, 1.82) is 0 Å². The van der Waals surface area contributed by atoms with E-state index in [9.17, 15) is 9.59 Å². The second kappa shape index (κ2) is 7.70. The van der Waals surface area contributed by atoms with Crippen LogP contribution in [0.15, 0.2) is 48.5 Å². The number of amides is 1. The van der Waals surface area contributed by atoms with Crippen LogP contribution in [0.5, 0.6) is 11.5 Å². The Bertz CT molecular complexity index is 757. The molecule has 0 aliphatic carbocycles. The van der Waals surface area contributed by atoms with Crippen LogP contribution in [0.1, 0.15) is 12.5 Å². The van der Waals surface area contributed by atoms with Gasteiger partial charge in [0.25, 0.3) is 5.91 Å². The average molecular weight is 341 g/mol. The Morgan fingerprint density at radius 2 is 1.84 bits per heavy atom. The fourth-order valence-electron chi connectivity index (χ4n) is 2.39. The van der Waals surface area contributed by atoms with Gasteiger partial charge in [-0.25, -0.2) is 4.79 Å². The van der Waals surface area contributed by atoms with Crippen LogP contribution < -0.4 is 14.8 Å². The molecule has 1 aliphatic heterocycles. The number of para-hydroxylation sites is 2. The molecule has 25 heavy (non-hydrogen) atoms. The molecule has 1 amide bonds. The summed E-state index contributed by atoms with van der Waals surface area (Å²) in [5.41, 5.74) is 1.84. The van der Waals surface area contributed by atoms with E-state index in [0.717, 1.165) is 6.42 Å². The van der Waals surface area contributed by atoms with E-state index in [2.05, 4.69) is 12.2 Å². The maximum absolute atomic E-state index is 12.0. The summed E-state index contributed by atoms with van der Waals surface area (Å²) in [6.07, 6.45) is 0.0462. The Morgan fingerprint density at radius 3 is 2.56 bits per heavy atom. The Kier molecular flexibility index (Phi) is 5.18. The van der Waals surface area contributed by atoms with Gasteiger partial charge in [-0.1, -0.05) is 31.2 Å². The number of aryl methyl sites for hydroxylation is 1. The predicted octanol–water partition coefficient (Wildman–Crippen LogP) is 2.57. The van der Waals surface area contributed by atoms with E-state index in [1.54, 1.807) is 18.2 Å². The van der Waals surface area contributed by atoms with Gasteiger partial charge in [0.05, 0.1) is 0 Å². The summed E-state index contributed by atoms with van der Waals surface area (Å²) in [5, 5.41) is 2.68. The fourth-order valence-corrected chi connectivity index (χ4v) is 2.39. The monoisotopic (exact) mass is 341 g/mol. The molecule has 0 saturated carbocycles. The Balaban J connectivity index is 1.48. The minimum absolute atomic E-state index is 0.0515. The zero-order chi connectivity index (χ0) is 17.6. The fraction of sp³-hybridized carbons (Fsp3) is 0.263. The molecular formula is C19H19NO5. The number of anilines is 1. The first-order valence-electron chi connectivity index (χ1n) is 8.09. The van der Waals surface area contributed by atoms with E-state index in [4.69, 9.17) is 14.2 Å². The second-order valence-electron chi connectivity index (χ2n) is 5.57. The van der Waals surface area contributed by atoms with Crippen LogP contribution >= 0.6 is 0 Å². The molecule has 2 aromatic rings. The van der Waals surface area contributed by atoms with Crippen LogP contribution in [0, 0.1) is 0 Å². The molecule has 1 atom stereocenters. The van der Waals surface area contributed by atoms with Gasteiger partial charge >= 0.3 is 5.97 Å². The van der Waals surface area contributed by atoms with Crippen LogP contribution in [-0.4, -0.2) is 31.2 Å². The molecule has 6 heteroatoms. The standard InChI is InChI=1S/C19H19NO5/c1-2-13-7-9-14(10-8-13)20-18(21)12-24-19(22)17-11-23-15-5-3-4-6-16(15)25-17/h3-10,17H,2,11-12H2,1H3,(H,20,21)/t17-/m0/s1. The number of carbonyl (C=O) groups is 2. The Labute approximate surface area is 145 Å². The summed E-state index contributed by atoms with van der Waals surface area (Å²) < 4.78 is 16.0. The van der Waals surface area contributed by atoms with Crippen molar-refractivity contribution in [3.05, 3.63) is 54.1 Å². The van der Waals surface area contributed by atoms with Crippen molar-refractivity contribution in [1.82, 2.24) is 0 Å². The number of fused-ring (bicyclic) bond motifs is 1. The lowest BCUT2D eigenvalue weighted by atomic mass is 10.1. The van der Waals surface area contributed by atoms with Crippen LogP contribution in [0.25, 0.3) is 0 Å². The van der Waals surface area contributed by atoms with Crippen molar-refractivity contribution in [2.45, 2.75) is 19.4 Å². The van der Waals surface area contributed by atoms with Gasteiger partial charge in [0.2, 0.25) is 6.10 Å². The minimum atomic E-state index is -0.883. The van der Waals surface area contributed by atoms with Gasteiger partial charge in [-0.3, -0.25) is 4.79 Å². The molecule has 1 heterocycles. The molecule has 6 nitrogen and oxygen atoms in total. The first-order chi connectivity index (χ1) is 12.2. The molecule has 0 bridgehead atoms. The molecule has 0 unspecified atom stereocenters. The van der Waals surface area contributed by atoms with E-state index < -0.39 is 18.0 Å². The number of nitrogens with one attached hydrogen (secondary N) is 1.